The molecule has 0 saturated carbocycles. The van der Waals surface area contributed by atoms with Crippen LogP contribution < -0.4 is 9.47 Å². The van der Waals surface area contributed by atoms with Crippen LogP contribution in [-0.4, -0.2) is 30.2 Å². The van der Waals surface area contributed by atoms with Gasteiger partial charge >= 0.3 is 11.7 Å². The molecular formula is C12H15NO6. The Morgan fingerprint density at radius 3 is 2.42 bits per heavy atom. The van der Waals surface area contributed by atoms with Gasteiger partial charge in [0.15, 0.2) is 5.75 Å². The zero-order chi connectivity index (χ0) is 14.6. The zero-order valence-electron chi connectivity index (χ0n) is 10.9. The third-order valence-electron chi connectivity index (χ3n) is 2.79. The van der Waals surface area contributed by atoms with Crippen LogP contribution in [-0.2, 0) is 4.79 Å². The number of rotatable bonds is 6. The quantitative estimate of drug-likeness (QED) is 0.627. The second-order valence-electron chi connectivity index (χ2n) is 3.83. The van der Waals surface area contributed by atoms with Crippen molar-refractivity contribution in [3.8, 4) is 11.5 Å². The maximum Gasteiger partial charge on any atom is 0.315 e. The first-order valence-corrected chi connectivity index (χ1v) is 5.59. The summed E-state index contributed by atoms with van der Waals surface area (Å²) in [6, 6.07) is 2.66. The average Bonchev–Trinajstić information content (AvgIpc) is 2.37. The minimum atomic E-state index is -1.04. The van der Waals surface area contributed by atoms with Crippen LogP contribution in [0.15, 0.2) is 12.1 Å². The van der Waals surface area contributed by atoms with Crippen LogP contribution in [0, 0.1) is 10.1 Å². The number of carbonyl (C=O) groups is 1. The van der Waals surface area contributed by atoms with Crippen molar-refractivity contribution in [2.75, 3.05) is 14.2 Å². The lowest BCUT2D eigenvalue weighted by Crippen LogP contribution is -2.11. The van der Waals surface area contributed by atoms with Gasteiger partial charge in [-0.1, -0.05) is 6.92 Å². The highest BCUT2D eigenvalue weighted by molar-refractivity contribution is 5.77. The van der Waals surface area contributed by atoms with Gasteiger partial charge in [0.2, 0.25) is 5.75 Å². The van der Waals surface area contributed by atoms with Gasteiger partial charge in [0.1, 0.15) is 0 Å². The van der Waals surface area contributed by atoms with Gasteiger partial charge in [-0.05, 0) is 18.1 Å². The molecule has 0 spiro atoms. The SMILES string of the molecule is CCC(C(=O)O)c1cc(OC)c(OC)c([N+](=O)[O-])c1. The second-order valence-corrected chi connectivity index (χ2v) is 3.83. The van der Waals surface area contributed by atoms with Gasteiger partial charge in [-0.25, -0.2) is 0 Å². The molecule has 1 N–H and O–H groups in total. The molecule has 0 saturated heterocycles. The fraction of sp³-hybridized carbons (Fsp3) is 0.417. The summed E-state index contributed by atoms with van der Waals surface area (Å²) in [6.07, 6.45) is 0.321. The Balaban J connectivity index is 3.47. The lowest BCUT2D eigenvalue weighted by atomic mass is 9.95. The number of aliphatic carboxylic acids is 1. The predicted molar refractivity (Wildman–Crippen MR) is 66.9 cm³/mol. The Hall–Kier alpha value is -2.31. The number of carboxylic acid groups (broad SMARTS) is 1. The van der Waals surface area contributed by atoms with E-state index in [4.69, 9.17) is 14.6 Å². The van der Waals surface area contributed by atoms with E-state index in [-0.39, 0.29) is 17.2 Å². The first-order chi connectivity index (χ1) is 8.96. The molecule has 1 atom stereocenters. The standard InChI is InChI=1S/C12H15NO6/c1-4-8(12(14)15)7-5-9(13(16)17)11(19-3)10(6-7)18-2/h5-6,8H,4H2,1-3H3,(H,14,15). The summed E-state index contributed by atoms with van der Waals surface area (Å²) < 4.78 is 9.96. The van der Waals surface area contributed by atoms with E-state index in [9.17, 15) is 14.9 Å². The van der Waals surface area contributed by atoms with Crippen molar-refractivity contribution in [1.82, 2.24) is 0 Å². The van der Waals surface area contributed by atoms with Crippen molar-refractivity contribution in [3.63, 3.8) is 0 Å². The fourth-order valence-electron chi connectivity index (χ4n) is 1.85. The Bertz CT molecular complexity index is 499. The molecule has 0 bridgehead atoms. The first kappa shape index (κ1) is 14.7. The third kappa shape index (κ3) is 2.93. The van der Waals surface area contributed by atoms with Crippen molar-refractivity contribution in [2.45, 2.75) is 19.3 Å². The van der Waals surface area contributed by atoms with Crippen molar-refractivity contribution in [2.24, 2.45) is 0 Å². The summed E-state index contributed by atoms with van der Waals surface area (Å²) in [4.78, 5) is 21.5. The molecule has 0 heterocycles. The number of benzene rings is 1. The van der Waals surface area contributed by atoms with Crippen molar-refractivity contribution in [3.05, 3.63) is 27.8 Å². The summed E-state index contributed by atoms with van der Waals surface area (Å²) >= 11 is 0. The molecule has 0 radical (unpaired) electrons. The number of carboxylic acids is 1. The van der Waals surface area contributed by atoms with Gasteiger partial charge in [-0.2, -0.15) is 0 Å². The van der Waals surface area contributed by atoms with Gasteiger partial charge in [0, 0.05) is 6.07 Å². The average molecular weight is 269 g/mol. The molecule has 0 aromatic heterocycles. The molecule has 19 heavy (non-hydrogen) atoms. The Morgan fingerprint density at radius 1 is 1.42 bits per heavy atom. The molecule has 1 unspecified atom stereocenters. The van der Waals surface area contributed by atoms with E-state index in [2.05, 4.69) is 0 Å². The van der Waals surface area contributed by atoms with Crippen LogP contribution in [0.4, 0.5) is 5.69 Å². The smallest absolute Gasteiger partial charge is 0.315 e. The molecule has 0 aliphatic heterocycles. The molecule has 104 valence electrons. The predicted octanol–water partition coefficient (Wildman–Crippen LogP) is 2.19. The van der Waals surface area contributed by atoms with Gasteiger partial charge in [0.25, 0.3) is 0 Å². The van der Waals surface area contributed by atoms with Gasteiger partial charge in [-0.3, -0.25) is 14.9 Å². The summed E-state index contributed by atoms with van der Waals surface area (Å²) in [5, 5.41) is 20.1. The summed E-state index contributed by atoms with van der Waals surface area (Å²) in [5.41, 5.74) is 0.0101. The van der Waals surface area contributed by atoms with E-state index in [1.807, 2.05) is 0 Å². The van der Waals surface area contributed by atoms with Crippen LogP contribution in [0.3, 0.4) is 0 Å². The molecule has 0 fully saturated rings. The minimum absolute atomic E-state index is 0.0171. The molecule has 0 amide bonds. The van der Waals surface area contributed by atoms with Gasteiger partial charge in [-0.15, -0.1) is 0 Å². The molecule has 1 rings (SSSR count). The molecule has 0 aliphatic carbocycles. The van der Waals surface area contributed by atoms with Crippen LogP contribution >= 0.6 is 0 Å². The van der Waals surface area contributed by atoms with Gasteiger partial charge < -0.3 is 14.6 Å². The molecule has 7 nitrogen and oxygen atoms in total. The molecule has 1 aromatic carbocycles. The van der Waals surface area contributed by atoms with E-state index in [1.54, 1.807) is 6.92 Å². The third-order valence-corrected chi connectivity index (χ3v) is 2.79. The second kappa shape index (κ2) is 6.03. The molecule has 7 heteroatoms. The zero-order valence-corrected chi connectivity index (χ0v) is 10.9. The number of methoxy groups -OCH3 is 2. The van der Waals surface area contributed by atoms with Crippen molar-refractivity contribution < 1.29 is 24.3 Å². The number of hydrogen-bond donors (Lipinski definition) is 1. The van der Waals surface area contributed by atoms with Crippen molar-refractivity contribution in [1.29, 1.82) is 0 Å². The number of ether oxygens (including phenoxy) is 2. The van der Waals surface area contributed by atoms with E-state index in [0.717, 1.165) is 0 Å². The molecule has 0 aliphatic rings. The molecular weight excluding hydrogens is 254 g/mol. The fourth-order valence-corrected chi connectivity index (χ4v) is 1.85. The Labute approximate surface area is 109 Å². The van der Waals surface area contributed by atoms with E-state index in [1.165, 1.54) is 26.4 Å². The Kier molecular flexibility index (Phi) is 4.68. The Morgan fingerprint density at radius 2 is 2.05 bits per heavy atom. The van der Waals surface area contributed by atoms with Crippen LogP contribution in [0.1, 0.15) is 24.8 Å². The summed E-state index contributed by atoms with van der Waals surface area (Å²) in [5.74, 6) is -1.73. The maximum absolute atomic E-state index is 11.1. The number of nitro benzene ring substituents is 1. The highest BCUT2D eigenvalue weighted by atomic mass is 16.6. The molecule has 1 aromatic rings. The van der Waals surface area contributed by atoms with Crippen molar-refractivity contribution >= 4 is 11.7 Å². The summed E-state index contributed by atoms with van der Waals surface area (Å²) in [7, 11) is 2.63. The minimum Gasteiger partial charge on any atom is -0.493 e. The lowest BCUT2D eigenvalue weighted by molar-refractivity contribution is -0.385. The topological polar surface area (TPSA) is 98.9 Å². The normalized spacial score (nSPS) is 11.7. The highest BCUT2D eigenvalue weighted by Crippen LogP contribution is 2.40. The van der Waals surface area contributed by atoms with Crippen LogP contribution in [0.2, 0.25) is 0 Å². The monoisotopic (exact) mass is 269 g/mol. The lowest BCUT2D eigenvalue weighted by Gasteiger charge is -2.14. The van der Waals surface area contributed by atoms with E-state index < -0.39 is 16.8 Å². The first-order valence-electron chi connectivity index (χ1n) is 5.59. The number of hydrogen-bond acceptors (Lipinski definition) is 5. The summed E-state index contributed by atoms with van der Waals surface area (Å²) in [6.45, 7) is 1.70. The highest BCUT2D eigenvalue weighted by Gasteiger charge is 2.26. The number of nitro groups is 1. The maximum atomic E-state index is 11.1. The van der Waals surface area contributed by atoms with E-state index >= 15 is 0 Å². The van der Waals surface area contributed by atoms with Crippen LogP contribution in [0.25, 0.3) is 0 Å². The van der Waals surface area contributed by atoms with Crippen LogP contribution in [0.5, 0.6) is 11.5 Å². The number of nitrogens with zero attached hydrogens (tertiary/aromatic N) is 1. The largest absolute Gasteiger partial charge is 0.493 e. The van der Waals surface area contributed by atoms with E-state index in [0.29, 0.717) is 12.0 Å². The van der Waals surface area contributed by atoms with Gasteiger partial charge in [0.05, 0.1) is 25.1 Å².